The zero-order chi connectivity index (χ0) is 16.1. The van der Waals surface area contributed by atoms with Crippen LogP contribution in [0.5, 0.6) is 0 Å². The van der Waals surface area contributed by atoms with Crippen molar-refractivity contribution in [2.75, 3.05) is 43.3 Å². The molecule has 116 valence electrons. The molecule has 0 unspecified atom stereocenters. The third-order valence-corrected chi connectivity index (χ3v) is 2.78. The summed E-state index contributed by atoms with van der Waals surface area (Å²) in [5.41, 5.74) is 0.546. The maximum atomic E-state index is 12.0. The van der Waals surface area contributed by atoms with Gasteiger partial charge in [0.05, 0.1) is 12.5 Å². The number of carbonyl (C=O) groups excluding carboxylic acids is 1. The number of hydrogen-bond acceptors (Lipinski definition) is 6. The fourth-order valence-corrected chi connectivity index (χ4v) is 1.73. The average molecular weight is 301 g/mol. The van der Waals surface area contributed by atoms with Gasteiger partial charge in [0.2, 0.25) is 11.9 Å². The van der Waals surface area contributed by atoms with Gasteiger partial charge in [0, 0.05) is 34.3 Å². The lowest BCUT2D eigenvalue weighted by atomic mass is 10.3. The van der Waals surface area contributed by atoms with Gasteiger partial charge in [-0.3, -0.25) is 4.79 Å². The van der Waals surface area contributed by atoms with Crippen LogP contribution in [-0.4, -0.2) is 44.1 Å². The maximum absolute atomic E-state index is 12.0. The van der Waals surface area contributed by atoms with Crippen molar-refractivity contribution in [3.8, 4) is 0 Å². The van der Waals surface area contributed by atoms with Gasteiger partial charge in [-0.25, -0.2) is 4.98 Å². The molecule has 0 aromatic carbocycles. The van der Waals surface area contributed by atoms with E-state index in [4.69, 9.17) is 4.42 Å². The number of rotatable bonds is 5. The van der Waals surface area contributed by atoms with Crippen LogP contribution in [0.25, 0.3) is 6.08 Å². The van der Waals surface area contributed by atoms with Crippen LogP contribution in [0, 0.1) is 0 Å². The zero-order valence-electron chi connectivity index (χ0n) is 13.1. The number of amides is 1. The molecule has 0 fully saturated rings. The first-order valence-electron chi connectivity index (χ1n) is 6.71. The second-order valence-corrected chi connectivity index (χ2v) is 5.03. The molecule has 0 aliphatic carbocycles. The summed E-state index contributed by atoms with van der Waals surface area (Å²) in [7, 11) is 7.44. The minimum Gasteiger partial charge on any atom is -0.465 e. The van der Waals surface area contributed by atoms with E-state index in [1.807, 2.05) is 33.1 Å². The van der Waals surface area contributed by atoms with Gasteiger partial charge in [-0.1, -0.05) is 0 Å². The van der Waals surface area contributed by atoms with E-state index >= 15 is 0 Å². The molecule has 0 atom stereocenters. The van der Waals surface area contributed by atoms with Crippen molar-refractivity contribution in [2.45, 2.75) is 0 Å². The van der Waals surface area contributed by atoms with Crippen LogP contribution in [0.2, 0.25) is 0 Å². The lowest BCUT2D eigenvalue weighted by Gasteiger charge is -2.18. The highest BCUT2D eigenvalue weighted by Crippen LogP contribution is 2.22. The Hall–Kier alpha value is -2.83. The molecular weight excluding hydrogens is 282 g/mol. The second kappa shape index (κ2) is 6.75. The van der Waals surface area contributed by atoms with Crippen LogP contribution >= 0.6 is 0 Å². The number of nitrogens with zero attached hydrogens (tertiary/aromatic N) is 4. The predicted molar refractivity (Wildman–Crippen MR) is 87.1 cm³/mol. The number of furan rings is 1. The van der Waals surface area contributed by atoms with Gasteiger partial charge >= 0.3 is 0 Å². The van der Waals surface area contributed by atoms with Crippen molar-refractivity contribution in [2.24, 2.45) is 0 Å². The molecule has 0 spiro atoms. The molecule has 7 heteroatoms. The number of aromatic nitrogens is 2. The van der Waals surface area contributed by atoms with Gasteiger partial charge in [-0.2, -0.15) is 4.98 Å². The minimum atomic E-state index is -0.277. The molecule has 1 amide bonds. The minimum absolute atomic E-state index is 0.277. The maximum Gasteiger partial charge on any atom is 0.248 e. The van der Waals surface area contributed by atoms with Crippen molar-refractivity contribution in [3.63, 3.8) is 0 Å². The topological polar surface area (TPSA) is 74.5 Å². The Kier molecular flexibility index (Phi) is 4.77. The second-order valence-electron chi connectivity index (χ2n) is 5.03. The van der Waals surface area contributed by atoms with Crippen LogP contribution in [0.3, 0.4) is 0 Å². The van der Waals surface area contributed by atoms with Crippen LogP contribution < -0.4 is 15.1 Å². The average Bonchev–Trinajstić information content (AvgIpc) is 2.98. The summed E-state index contributed by atoms with van der Waals surface area (Å²) in [5, 5.41) is 2.77. The molecule has 0 saturated heterocycles. The normalized spacial score (nSPS) is 10.7. The highest BCUT2D eigenvalue weighted by molar-refractivity contribution is 6.03. The molecule has 1 N–H and O–H groups in total. The lowest BCUT2D eigenvalue weighted by molar-refractivity contribution is -0.111. The van der Waals surface area contributed by atoms with E-state index in [-0.39, 0.29) is 5.91 Å². The first kappa shape index (κ1) is 15.6. The first-order chi connectivity index (χ1) is 10.5. The molecule has 0 saturated carbocycles. The number of anilines is 3. The monoisotopic (exact) mass is 301 g/mol. The Morgan fingerprint density at radius 2 is 2.05 bits per heavy atom. The van der Waals surface area contributed by atoms with E-state index in [1.165, 1.54) is 6.08 Å². The van der Waals surface area contributed by atoms with E-state index in [1.54, 1.807) is 35.6 Å². The quantitative estimate of drug-likeness (QED) is 0.850. The molecule has 0 bridgehead atoms. The van der Waals surface area contributed by atoms with Gasteiger partial charge in [-0.15, -0.1) is 0 Å². The lowest BCUT2D eigenvalue weighted by Crippen LogP contribution is -2.20. The molecule has 7 nitrogen and oxygen atoms in total. The summed E-state index contributed by atoms with van der Waals surface area (Å²) in [6.45, 7) is 0. The summed E-state index contributed by atoms with van der Waals surface area (Å²) in [6.07, 6.45) is 6.14. The fourth-order valence-electron chi connectivity index (χ4n) is 1.73. The van der Waals surface area contributed by atoms with Gasteiger partial charge in [0.1, 0.15) is 11.4 Å². The molecule has 0 aliphatic rings. The summed E-state index contributed by atoms with van der Waals surface area (Å²) < 4.78 is 5.13. The SMILES string of the molecule is CN(C)c1ncc(NC(=O)C=Cc2ccco2)c(N(C)C)n1. The van der Waals surface area contributed by atoms with Gasteiger partial charge in [0.25, 0.3) is 0 Å². The number of hydrogen-bond donors (Lipinski definition) is 1. The van der Waals surface area contributed by atoms with Crippen LogP contribution in [0.4, 0.5) is 17.5 Å². The van der Waals surface area contributed by atoms with Crippen molar-refractivity contribution < 1.29 is 9.21 Å². The highest BCUT2D eigenvalue weighted by Gasteiger charge is 2.12. The standard InChI is InChI=1S/C15H19N5O2/c1-19(2)14-12(10-16-15(18-14)20(3)4)17-13(21)8-7-11-6-5-9-22-11/h5-10H,1-4H3,(H,17,21). The Balaban J connectivity index is 2.16. The van der Waals surface area contributed by atoms with Gasteiger partial charge in [0.15, 0.2) is 5.82 Å². The van der Waals surface area contributed by atoms with Crippen LogP contribution in [0.1, 0.15) is 5.76 Å². The smallest absolute Gasteiger partial charge is 0.248 e. The Morgan fingerprint density at radius 1 is 1.27 bits per heavy atom. The summed E-state index contributed by atoms with van der Waals surface area (Å²) in [6, 6.07) is 3.53. The van der Waals surface area contributed by atoms with Gasteiger partial charge < -0.3 is 19.5 Å². The zero-order valence-corrected chi connectivity index (χ0v) is 13.1. The number of nitrogens with one attached hydrogen (secondary N) is 1. The summed E-state index contributed by atoms with van der Waals surface area (Å²) >= 11 is 0. The molecule has 2 aromatic rings. The van der Waals surface area contributed by atoms with Gasteiger partial charge in [-0.05, 0) is 18.2 Å². The van der Waals surface area contributed by atoms with E-state index in [2.05, 4.69) is 15.3 Å². The van der Waals surface area contributed by atoms with E-state index < -0.39 is 0 Å². The predicted octanol–water partition coefficient (Wildman–Crippen LogP) is 1.85. The third kappa shape index (κ3) is 3.85. The van der Waals surface area contributed by atoms with E-state index in [0.717, 1.165) is 0 Å². The molecule has 0 aliphatic heterocycles. The van der Waals surface area contributed by atoms with Crippen molar-refractivity contribution >= 4 is 29.4 Å². The van der Waals surface area contributed by atoms with E-state index in [0.29, 0.717) is 23.2 Å². The largest absolute Gasteiger partial charge is 0.465 e. The van der Waals surface area contributed by atoms with Crippen LogP contribution in [0.15, 0.2) is 35.1 Å². The summed E-state index contributed by atoms with van der Waals surface area (Å²) in [4.78, 5) is 24.2. The Labute approximate surface area is 129 Å². The van der Waals surface area contributed by atoms with Crippen molar-refractivity contribution in [1.82, 2.24) is 9.97 Å². The number of carbonyl (C=O) groups is 1. The van der Waals surface area contributed by atoms with Crippen molar-refractivity contribution in [1.29, 1.82) is 0 Å². The molecular formula is C15H19N5O2. The highest BCUT2D eigenvalue weighted by atomic mass is 16.3. The van der Waals surface area contributed by atoms with E-state index in [9.17, 15) is 4.79 Å². The molecule has 22 heavy (non-hydrogen) atoms. The fraction of sp³-hybridized carbons (Fsp3) is 0.267. The molecule has 2 heterocycles. The Bertz CT molecular complexity index is 663. The molecule has 2 aromatic heterocycles. The van der Waals surface area contributed by atoms with Crippen molar-refractivity contribution in [3.05, 3.63) is 36.4 Å². The van der Waals surface area contributed by atoms with Crippen LogP contribution in [-0.2, 0) is 4.79 Å². The third-order valence-electron chi connectivity index (χ3n) is 2.78. The summed E-state index contributed by atoms with van der Waals surface area (Å²) in [5.74, 6) is 1.55. The first-order valence-corrected chi connectivity index (χ1v) is 6.71. The molecule has 0 radical (unpaired) electrons. The molecule has 2 rings (SSSR count). The Morgan fingerprint density at radius 3 is 2.64 bits per heavy atom.